The number of halogens is 1. The number of nitrogens with one attached hydrogen (secondary N) is 1. The van der Waals surface area contributed by atoms with Crippen LogP contribution in [0, 0.1) is 0 Å². The molecule has 0 fully saturated rings. The van der Waals surface area contributed by atoms with Crippen LogP contribution in [0.5, 0.6) is 0 Å². The molecule has 0 atom stereocenters. The molecule has 0 amide bonds. The lowest BCUT2D eigenvalue weighted by molar-refractivity contribution is 0.600. The molecule has 20 heavy (non-hydrogen) atoms. The van der Waals surface area contributed by atoms with Crippen molar-refractivity contribution in [1.29, 1.82) is 0 Å². The van der Waals surface area contributed by atoms with Gasteiger partial charge in [-0.1, -0.05) is 0 Å². The van der Waals surface area contributed by atoms with Crippen molar-refractivity contribution in [3.05, 3.63) is 36.0 Å². The monoisotopic (exact) mass is 313 g/mol. The molecule has 0 aliphatic heterocycles. The Hall–Kier alpha value is -1.93. The van der Waals surface area contributed by atoms with Gasteiger partial charge in [-0.25, -0.2) is 23.4 Å². The van der Waals surface area contributed by atoms with Crippen molar-refractivity contribution in [3.63, 3.8) is 0 Å². The average Bonchev–Trinajstić information content (AvgIpc) is 2.39. The van der Waals surface area contributed by atoms with Gasteiger partial charge in [0.1, 0.15) is 4.90 Å². The number of rotatable bonds is 4. The largest absolute Gasteiger partial charge is 0.361 e. The van der Waals surface area contributed by atoms with Crippen molar-refractivity contribution in [2.45, 2.75) is 4.90 Å². The fraction of sp³-hybridized carbons (Fsp3) is 0.182. The lowest BCUT2D eigenvalue weighted by Gasteiger charge is -2.16. The average molecular weight is 314 g/mol. The number of hydrogen-bond acceptors (Lipinski definition) is 6. The van der Waals surface area contributed by atoms with Gasteiger partial charge in [-0.05, 0) is 23.7 Å². The first-order chi connectivity index (χ1) is 9.40. The molecule has 7 nitrogen and oxygen atoms in total. The van der Waals surface area contributed by atoms with Gasteiger partial charge in [-0.15, -0.1) is 0 Å². The van der Waals surface area contributed by atoms with E-state index < -0.39 is 10.0 Å². The molecule has 0 spiro atoms. The Labute approximate surface area is 121 Å². The van der Waals surface area contributed by atoms with Crippen LogP contribution >= 0.6 is 11.6 Å². The molecule has 1 N–H and O–H groups in total. The number of anilines is 2. The second-order valence-electron chi connectivity index (χ2n) is 4.06. The summed E-state index contributed by atoms with van der Waals surface area (Å²) < 4.78 is 26.9. The van der Waals surface area contributed by atoms with Crippen molar-refractivity contribution >= 4 is 33.1 Å². The molecule has 0 aliphatic carbocycles. The molecule has 0 saturated heterocycles. The predicted octanol–water partition coefficient (Wildman–Crippen LogP) is 1.39. The molecule has 2 heterocycles. The van der Waals surface area contributed by atoms with E-state index >= 15 is 0 Å². The third kappa shape index (κ3) is 3.14. The number of hydrogen-bond donors (Lipinski definition) is 1. The predicted molar refractivity (Wildman–Crippen MR) is 76.4 cm³/mol. The van der Waals surface area contributed by atoms with Gasteiger partial charge in [-0.2, -0.15) is 0 Å². The van der Waals surface area contributed by atoms with Gasteiger partial charge in [0.25, 0.3) is 10.0 Å². The normalized spacial score (nSPS) is 11.2. The molecule has 0 aromatic carbocycles. The summed E-state index contributed by atoms with van der Waals surface area (Å²) in [6, 6.07) is 3.26. The van der Waals surface area contributed by atoms with E-state index in [1.807, 2.05) is 0 Å². The highest BCUT2D eigenvalue weighted by Crippen LogP contribution is 2.23. The minimum Gasteiger partial charge on any atom is -0.361 e. The van der Waals surface area contributed by atoms with Crippen LogP contribution in [0.3, 0.4) is 0 Å². The van der Waals surface area contributed by atoms with Gasteiger partial charge in [-0.3, -0.25) is 4.72 Å². The van der Waals surface area contributed by atoms with Crippen LogP contribution < -0.4 is 9.62 Å². The minimum absolute atomic E-state index is 0.0145. The zero-order valence-corrected chi connectivity index (χ0v) is 12.4. The van der Waals surface area contributed by atoms with Crippen LogP contribution in [0.1, 0.15) is 0 Å². The lowest BCUT2D eigenvalue weighted by atomic mass is 10.4. The standard InChI is InChI=1S/C11H12ClN5O2S/c1-17(2)10-9(4-3-5-13-10)16-20(18,19)8-6-14-11(12)15-7-8/h3-7,16H,1-2H3. The Kier molecular flexibility index (Phi) is 4.05. The third-order valence-corrected chi connectivity index (χ3v) is 3.88. The number of nitrogens with zero attached hydrogens (tertiary/aromatic N) is 4. The highest BCUT2D eigenvalue weighted by molar-refractivity contribution is 7.92. The van der Waals surface area contributed by atoms with Crippen LogP contribution in [-0.4, -0.2) is 37.5 Å². The van der Waals surface area contributed by atoms with Crippen molar-refractivity contribution in [3.8, 4) is 0 Å². The Bertz CT molecular complexity index is 703. The SMILES string of the molecule is CN(C)c1ncccc1NS(=O)(=O)c1cnc(Cl)nc1. The van der Waals surface area contributed by atoms with Crippen molar-refractivity contribution in [1.82, 2.24) is 15.0 Å². The fourth-order valence-electron chi connectivity index (χ4n) is 1.48. The van der Waals surface area contributed by atoms with E-state index in [1.54, 1.807) is 37.3 Å². The molecule has 2 aromatic heterocycles. The van der Waals surface area contributed by atoms with E-state index in [4.69, 9.17) is 11.6 Å². The van der Waals surface area contributed by atoms with Crippen LogP contribution in [0.2, 0.25) is 5.28 Å². The van der Waals surface area contributed by atoms with Gasteiger partial charge in [0.2, 0.25) is 5.28 Å². The highest BCUT2D eigenvalue weighted by atomic mass is 35.5. The summed E-state index contributed by atoms with van der Waals surface area (Å²) in [5, 5.41) is -0.0145. The quantitative estimate of drug-likeness (QED) is 0.858. The molecule has 2 aromatic rings. The Morgan fingerprint density at radius 2 is 1.85 bits per heavy atom. The number of aromatic nitrogens is 3. The highest BCUT2D eigenvalue weighted by Gasteiger charge is 2.18. The van der Waals surface area contributed by atoms with Gasteiger partial charge in [0, 0.05) is 20.3 Å². The Morgan fingerprint density at radius 3 is 2.45 bits per heavy atom. The molecule has 0 unspecified atom stereocenters. The molecular weight excluding hydrogens is 302 g/mol. The summed E-state index contributed by atoms with van der Waals surface area (Å²) in [4.78, 5) is 13.1. The maximum absolute atomic E-state index is 12.2. The van der Waals surface area contributed by atoms with E-state index in [0.29, 0.717) is 11.5 Å². The lowest BCUT2D eigenvalue weighted by Crippen LogP contribution is -2.18. The Balaban J connectivity index is 2.36. The zero-order valence-electron chi connectivity index (χ0n) is 10.8. The van der Waals surface area contributed by atoms with Crippen molar-refractivity contribution in [2.24, 2.45) is 0 Å². The first-order valence-corrected chi connectivity index (χ1v) is 7.39. The molecule has 9 heteroatoms. The van der Waals surface area contributed by atoms with Crippen LogP contribution in [0.4, 0.5) is 11.5 Å². The maximum Gasteiger partial charge on any atom is 0.265 e. The maximum atomic E-state index is 12.2. The molecule has 106 valence electrons. The number of pyridine rings is 1. The molecule has 2 rings (SSSR count). The molecular formula is C11H12ClN5O2S. The smallest absolute Gasteiger partial charge is 0.265 e. The first-order valence-electron chi connectivity index (χ1n) is 5.53. The van der Waals surface area contributed by atoms with Crippen LogP contribution in [0.25, 0.3) is 0 Å². The number of sulfonamides is 1. The summed E-state index contributed by atoms with van der Waals surface area (Å²) >= 11 is 5.53. The van der Waals surface area contributed by atoms with Crippen LogP contribution in [-0.2, 0) is 10.0 Å². The topological polar surface area (TPSA) is 88.1 Å². The fourth-order valence-corrected chi connectivity index (χ4v) is 2.52. The third-order valence-electron chi connectivity index (χ3n) is 2.36. The summed E-state index contributed by atoms with van der Waals surface area (Å²) in [7, 11) is -0.248. The van der Waals surface area contributed by atoms with Gasteiger partial charge in [0.05, 0.1) is 18.1 Å². The summed E-state index contributed by atoms with van der Waals surface area (Å²) in [5.74, 6) is 0.506. The second kappa shape index (κ2) is 5.59. The van der Waals surface area contributed by atoms with Crippen molar-refractivity contribution < 1.29 is 8.42 Å². The second-order valence-corrected chi connectivity index (χ2v) is 6.08. The van der Waals surface area contributed by atoms with E-state index in [9.17, 15) is 8.42 Å². The van der Waals surface area contributed by atoms with Crippen LogP contribution in [0.15, 0.2) is 35.6 Å². The molecule has 0 bridgehead atoms. The van der Waals surface area contributed by atoms with Gasteiger partial charge >= 0.3 is 0 Å². The zero-order chi connectivity index (χ0) is 14.8. The Morgan fingerprint density at radius 1 is 1.20 bits per heavy atom. The summed E-state index contributed by atoms with van der Waals surface area (Å²) in [6.45, 7) is 0. The first kappa shape index (κ1) is 14.5. The summed E-state index contributed by atoms with van der Waals surface area (Å²) in [6.07, 6.45) is 3.87. The molecule has 0 saturated carbocycles. The molecule has 0 radical (unpaired) electrons. The summed E-state index contributed by atoms with van der Waals surface area (Å²) in [5.41, 5.74) is 0.368. The van der Waals surface area contributed by atoms with E-state index in [2.05, 4.69) is 19.7 Å². The minimum atomic E-state index is -3.79. The molecule has 0 aliphatic rings. The van der Waals surface area contributed by atoms with E-state index in [1.165, 1.54) is 0 Å². The van der Waals surface area contributed by atoms with Gasteiger partial charge in [0.15, 0.2) is 5.82 Å². The van der Waals surface area contributed by atoms with E-state index in [-0.39, 0.29) is 10.2 Å². The van der Waals surface area contributed by atoms with Gasteiger partial charge < -0.3 is 4.90 Å². The van der Waals surface area contributed by atoms with Crippen molar-refractivity contribution in [2.75, 3.05) is 23.7 Å². The van der Waals surface area contributed by atoms with E-state index in [0.717, 1.165) is 12.4 Å².